The molecule has 0 fully saturated rings. The van der Waals surface area contributed by atoms with Crippen LogP contribution in [0.5, 0.6) is 0 Å². The minimum absolute atomic E-state index is 0.183. The molecule has 4 heteroatoms. The highest BCUT2D eigenvalue weighted by molar-refractivity contribution is 5.74. The van der Waals surface area contributed by atoms with Gasteiger partial charge in [0.2, 0.25) is 0 Å². The van der Waals surface area contributed by atoms with E-state index in [0.29, 0.717) is 12.6 Å². The van der Waals surface area contributed by atoms with E-state index in [1.54, 1.807) is 7.11 Å². The van der Waals surface area contributed by atoms with E-state index in [4.69, 9.17) is 9.15 Å². The Bertz CT molecular complexity index is 406. The zero-order valence-corrected chi connectivity index (χ0v) is 8.86. The molecule has 0 amide bonds. The molecular weight excluding hydrogens is 192 g/mol. The van der Waals surface area contributed by atoms with E-state index in [2.05, 4.69) is 10.3 Å². The monoisotopic (exact) mass is 206 g/mol. The first kappa shape index (κ1) is 9.98. The highest BCUT2D eigenvalue weighted by atomic mass is 16.5. The van der Waals surface area contributed by atoms with Crippen molar-refractivity contribution in [2.24, 2.45) is 0 Å². The van der Waals surface area contributed by atoms with Gasteiger partial charge in [0.25, 0.3) is 6.01 Å². The molecule has 0 unspecified atom stereocenters. The predicted octanol–water partition coefficient (Wildman–Crippen LogP) is 2.27. The van der Waals surface area contributed by atoms with Crippen LogP contribution < -0.4 is 5.32 Å². The molecule has 0 radical (unpaired) electrons. The first-order chi connectivity index (χ1) is 7.29. The molecule has 80 valence electrons. The maximum Gasteiger partial charge on any atom is 0.295 e. The first-order valence-corrected chi connectivity index (χ1v) is 4.90. The van der Waals surface area contributed by atoms with Gasteiger partial charge >= 0.3 is 0 Å². The summed E-state index contributed by atoms with van der Waals surface area (Å²) in [7, 11) is 1.67. The summed E-state index contributed by atoms with van der Waals surface area (Å²) in [5.41, 5.74) is 1.66. The molecule has 0 saturated carbocycles. The van der Waals surface area contributed by atoms with Gasteiger partial charge in [0, 0.05) is 7.11 Å². The number of aromatic nitrogens is 1. The standard InChI is InChI=1S/C11H14N2O2/c1-8(7-14-2)12-11-13-9-5-3-4-6-10(9)15-11/h3-6,8H,7H2,1-2H3,(H,12,13)/t8-/m0/s1. The smallest absolute Gasteiger partial charge is 0.295 e. The minimum Gasteiger partial charge on any atom is -0.424 e. The summed E-state index contributed by atoms with van der Waals surface area (Å²) >= 11 is 0. The number of hydrogen-bond acceptors (Lipinski definition) is 4. The molecule has 1 N–H and O–H groups in total. The summed E-state index contributed by atoms with van der Waals surface area (Å²) in [5, 5.41) is 3.13. The number of ether oxygens (including phenoxy) is 1. The Kier molecular flexibility index (Phi) is 2.87. The molecule has 15 heavy (non-hydrogen) atoms. The third-order valence-corrected chi connectivity index (χ3v) is 2.08. The molecule has 0 aliphatic rings. The Balaban J connectivity index is 2.15. The number of oxazole rings is 1. The van der Waals surface area contributed by atoms with Gasteiger partial charge in [0.1, 0.15) is 5.52 Å². The topological polar surface area (TPSA) is 47.3 Å². The first-order valence-electron chi connectivity index (χ1n) is 4.90. The van der Waals surface area contributed by atoms with Crippen molar-refractivity contribution in [2.75, 3.05) is 19.0 Å². The SMILES string of the molecule is COC[C@H](C)Nc1nc2ccccc2o1. The normalized spacial score (nSPS) is 12.9. The van der Waals surface area contributed by atoms with Crippen molar-refractivity contribution in [2.45, 2.75) is 13.0 Å². The van der Waals surface area contributed by atoms with Gasteiger partial charge in [-0.3, -0.25) is 0 Å². The molecule has 2 rings (SSSR count). The lowest BCUT2D eigenvalue weighted by molar-refractivity contribution is 0.189. The largest absolute Gasteiger partial charge is 0.424 e. The summed E-state index contributed by atoms with van der Waals surface area (Å²) in [6, 6.07) is 8.41. The van der Waals surface area contributed by atoms with Crippen molar-refractivity contribution in [1.82, 2.24) is 4.98 Å². The summed E-state index contributed by atoms with van der Waals surface area (Å²) in [5.74, 6) is 0. The van der Waals surface area contributed by atoms with E-state index in [9.17, 15) is 0 Å². The van der Waals surface area contributed by atoms with Crippen LogP contribution in [0.1, 0.15) is 6.92 Å². The lowest BCUT2D eigenvalue weighted by Gasteiger charge is -2.09. The fourth-order valence-corrected chi connectivity index (χ4v) is 1.44. The van der Waals surface area contributed by atoms with Gasteiger partial charge in [0.05, 0.1) is 12.6 Å². The van der Waals surface area contributed by atoms with Crippen LogP contribution in [0.4, 0.5) is 6.01 Å². The number of rotatable bonds is 4. The molecule has 0 saturated heterocycles. The Morgan fingerprint density at radius 3 is 3.00 bits per heavy atom. The van der Waals surface area contributed by atoms with Gasteiger partial charge in [-0.2, -0.15) is 4.98 Å². The lowest BCUT2D eigenvalue weighted by Crippen LogP contribution is -2.20. The second kappa shape index (κ2) is 4.31. The van der Waals surface area contributed by atoms with Crippen molar-refractivity contribution < 1.29 is 9.15 Å². The van der Waals surface area contributed by atoms with Gasteiger partial charge in [-0.05, 0) is 19.1 Å². The number of nitrogens with one attached hydrogen (secondary N) is 1. The van der Waals surface area contributed by atoms with Crippen molar-refractivity contribution in [1.29, 1.82) is 0 Å². The predicted molar refractivity (Wildman–Crippen MR) is 59.0 cm³/mol. The van der Waals surface area contributed by atoms with Crippen LogP contribution in [0.3, 0.4) is 0 Å². The average Bonchev–Trinajstić information content (AvgIpc) is 2.59. The minimum atomic E-state index is 0.183. The lowest BCUT2D eigenvalue weighted by atomic mass is 10.3. The van der Waals surface area contributed by atoms with Crippen LogP contribution in [-0.2, 0) is 4.74 Å². The summed E-state index contributed by atoms with van der Waals surface area (Å²) in [6.07, 6.45) is 0. The average molecular weight is 206 g/mol. The van der Waals surface area contributed by atoms with Crippen LogP contribution in [0.2, 0.25) is 0 Å². The highest BCUT2D eigenvalue weighted by Gasteiger charge is 2.07. The van der Waals surface area contributed by atoms with Crippen molar-refractivity contribution >= 4 is 17.1 Å². The number of para-hydroxylation sites is 2. The fourth-order valence-electron chi connectivity index (χ4n) is 1.44. The quantitative estimate of drug-likeness (QED) is 0.833. The van der Waals surface area contributed by atoms with Crippen molar-refractivity contribution in [3.63, 3.8) is 0 Å². The molecule has 1 atom stereocenters. The molecule has 0 aliphatic heterocycles. The maximum atomic E-state index is 5.51. The van der Waals surface area contributed by atoms with Gasteiger partial charge < -0.3 is 14.5 Å². The van der Waals surface area contributed by atoms with Crippen LogP contribution in [0.15, 0.2) is 28.7 Å². The number of fused-ring (bicyclic) bond motifs is 1. The van der Waals surface area contributed by atoms with Gasteiger partial charge in [-0.15, -0.1) is 0 Å². The Labute approximate surface area is 88.3 Å². The molecule has 0 bridgehead atoms. The Hall–Kier alpha value is -1.55. The zero-order chi connectivity index (χ0) is 10.7. The second-order valence-corrected chi connectivity index (χ2v) is 3.49. The summed E-state index contributed by atoms with van der Waals surface area (Å²) < 4.78 is 10.5. The van der Waals surface area contributed by atoms with Gasteiger partial charge in [0.15, 0.2) is 5.58 Å². The number of benzene rings is 1. The third kappa shape index (κ3) is 2.27. The van der Waals surface area contributed by atoms with Crippen molar-refractivity contribution in [3.05, 3.63) is 24.3 Å². The van der Waals surface area contributed by atoms with Gasteiger partial charge in [-0.25, -0.2) is 0 Å². The maximum absolute atomic E-state index is 5.51. The number of nitrogens with zero attached hydrogens (tertiary/aromatic N) is 1. The molecular formula is C11H14N2O2. The van der Waals surface area contributed by atoms with Crippen molar-refractivity contribution in [3.8, 4) is 0 Å². The van der Waals surface area contributed by atoms with Gasteiger partial charge in [-0.1, -0.05) is 12.1 Å². The van der Waals surface area contributed by atoms with E-state index in [1.807, 2.05) is 31.2 Å². The molecule has 0 spiro atoms. The van der Waals surface area contributed by atoms with Crippen LogP contribution in [-0.4, -0.2) is 24.7 Å². The molecule has 1 aromatic heterocycles. The Morgan fingerprint density at radius 2 is 2.27 bits per heavy atom. The van der Waals surface area contributed by atoms with E-state index in [1.165, 1.54) is 0 Å². The van der Waals surface area contributed by atoms with E-state index < -0.39 is 0 Å². The van der Waals surface area contributed by atoms with Crippen LogP contribution >= 0.6 is 0 Å². The zero-order valence-electron chi connectivity index (χ0n) is 8.86. The number of anilines is 1. The second-order valence-electron chi connectivity index (χ2n) is 3.49. The summed E-state index contributed by atoms with van der Waals surface area (Å²) in [4.78, 5) is 4.30. The molecule has 2 aromatic rings. The molecule has 4 nitrogen and oxygen atoms in total. The number of hydrogen-bond donors (Lipinski definition) is 1. The Morgan fingerprint density at radius 1 is 1.47 bits per heavy atom. The van der Waals surface area contributed by atoms with E-state index in [0.717, 1.165) is 11.1 Å². The van der Waals surface area contributed by atoms with E-state index >= 15 is 0 Å². The fraction of sp³-hybridized carbons (Fsp3) is 0.364. The third-order valence-electron chi connectivity index (χ3n) is 2.08. The number of methoxy groups -OCH3 is 1. The summed E-state index contributed by atoms with van der Waals surface area (Å²) in [6.45, 7) is 2.64. The van der Waals surface area contributed by atoms with Crippen LogP contribution in [0.25, 0.3) is 11.1 Å². The molecule has 1 heterocycles. The van der Waals surface area contributed by atoms with Crippen LogP contribution in [0, 0.1) is 0 Å². The highest BCUT2D eigenvalue weighted by Crippen LogP contribution is 2.18. The molecule has 1 aromatic carbocycles. The van der Waals surface area contributed by atoms with E-state index in [-0.39, 0.29) is 6.04 Å². The molecule has 0 aliphatic carbocycles.